The lowest BCUT2D eigenvalue weighted by Gasteiger charge is -2.12. The third-order valence-corrected chi connectivity index (χ3v) is 5.52. The lowest BCUT2D eigenvalue weighted by molar-refractivity contribution is 0.565. The highest BCUT2D eigenvalue weighted by Gasteiger charge is 2.24. The number of nitrogens with zero attached hydrogens (tertiary/aromatic N) is 2. The molecule has 0 radical (unpaired) electrons. The van der Waals surface area contributed by atoms with E-state index in [0.717, 1.165) is 25.8 Å². The van der Waals surface area contributed by atoms with Crippen molar-refractivity contribution >= 4 is 11.8 Å². The normalized spacial score (nSPS) is 17.2. The average Bonchev–Trinajstić information content (AvgIpc) is 3.06. The predicted octanol–water partition coefficient (Wildman–Crippen LogP) is 3.18. The molecule has 2 aromatic rings. The van der Waals surface area contributed by atoms with Crippen LogP contribution < -0.4 is 5.73 Å². The van der Waals surface area contributed by atoms with E-state index >= 15 is 0 Å². The molecule has 0 aliphatic carbocycles. The molecule has 0 bridgehead atoms. The van der Waals surface area contributed by atoms with Gasteiger partial charge in [-0.2, -0.15) is 5.10 Å². The van der Waals surface area contributed by atoms with Crippen molar-refractivity contribution in [3.05, 3.63) is 46.8 Å². The molecule has 0 fully saturated rings. The van der Waals surface area contributed by atoms with Gasteiger partial charge in [0.2, 0.25) is 0 Å². The highest BCUT2D eigenvalue weighted by atomic mass is 32.2. The maximum atomic E-state index is 5.93. The van der Waals surface area contributed by atoms with Gasteiger partial charge in [0.1, 0.15) is 0 Å². The largest absolute Gasteiger partial charge is 0.326 e. The summed E-state index contributed by atoms with van der Waals surface area (Å²) in [6, 6.07) is 8.73. The van der Waals surface area contributed by atoms with Crippen LogP contribution in [0.2, 0.25) is 0 Å². The Kier molecular flexibility index (Phi) is 4.36. The summed E-state index contributed by atoms with van der Waals surface area (Å²) in [7, 11) is 0. The van der Waals surface area contributed by atoms with Gasteiger partial charge in [-0.3, -0.25) is 4.68 Å². The van der Waals surface area contributed by atoms with Crippen LogP contribution in [0.3, 0.4) is 0 Å². The number of nitrogens with two attached hydrogens (primary N) is 1. The smallest absolute Gasteiger partial charge is 0.0669 e. The zero-order chi connectivity index (χ0) is 14.8. The van der Waals surface area contributed by atoms with Crippen molar-refractivity contribution in [1.82, 2.24) is 9.78 Å². The minimum atomic E-state index is 0.586. The molecule has 1 aliphatic heterocycles. The summed E-state index contributed by atoms with van der Waals surface area (Å²) in [5, 5.41) is 5.41. The molecule has 2 heterocycles. The molecule has 0 saturated heterocycles. The van der Waals surface area contributed by atoms with E-state index in [2.05, 4.69) is 42.8 Å². The molecule has 3 rings (SSSR count). The number of aryl methyl sites for hydroxylation is 1. The second-order valence-electron chi connectivity index (χ2n) is 5.52. The summed E-state index contributed by atoms with van der Waals surface area (Å²) in [6.45, 7) is 5.94. The van der Waals surface area contributed by atoms with E-state index in [-0.39, 0.29) is 0 Å². The predicted molar refractivity (Wildman–Crippen MR) is 88.7 cm³/mol. The SMILES string of the molecule is CCc1nn(CC2Cc3ccccc3S2)c(CC)c1CN. The van der Waals surface area contributed by atoms with Crippen LogP contribution in [0.25, 0.3) is 0 Å². The van der Waals surface area contributed by atoms with Crippen LogP contribution in [0.4, 0.5) is 0 Å². The molecule has 4 heteroatoms. The minimum absolute atomic E-state index is 0.586. The van der Waals surface area contributed by atoms with E-state index in [4.69, 9.17) is 10.8 Å². The number of aromatic nitrogens is 2. The first-order valence-electron chi connectivity index (χ1n) is 7.78. The van der Waals surface area contributed by atoms with E-state index in [1.54, 1.807) is 0 Å². The lowest BCUT2D eigenvalue weighted by atomic mass is 10.1. The van der Waals surface area contributed by atoms with E-state index in [1.165, 1.54) is 27.4 Å². The second-order valence-corrected chi connectivity index (χ2v) is 6.86. The average molecular weight is 301 g/mol. The molecule has 2 N–H and O–H groups in total. The van der Waals surface area contributed by atoms with Crippen LogP contribution in [0, 0.1) is 0 Å². The Labute approximate surface area is 130 Å². The molecule has 1 unspecified atom stereocenters. The van der Waals surface area contributed by atoms with E-state index in [9.17, 15) is 0 Å². The molecule has 1 aliphatic rings. The molecule has 0 amide bonds. The third-order valence-electron chi connectivity index (χ3n) is 4.21. The van der Waals surface area contributed by atoms with Crippen molar-refractivity contribution in [3.63, 3.8) is 0 Å². The number of benzene rings is 1. The summed E-state index contributed by atoms with van der Waals surface area (Å²) in [5.74, 6) is 0. The van der Waals surface area contributed by atoms with Gasteiger partial charge in [-0.05, 0) is 30.9 Å². The standard InChI is InChI=1S/C17H23N3S/c1-3-15-14(10-18)16(4-2)20(19-15)11-13-9-12-7-5-6-8-17(12)21-13/h5-8,13H,3-4,9-11,18H2,1-2H3. The van der Waals surface area contributed by atoms with Crippen LogP contribution in [0.15, 0.2) is 29.2 Å². The van der Waals surface area contributed by atoms with E-state index in [1.807, 2.05) is 11.8 Å². The van der Waals surface area contributed by atoms with Gasteiger partial charge in [-0.1, -0.05) is 32.0 Å². The fraction of sp³-hybridized carbons (Fsp3) is 0.471. The van der Waals surface area contributed by atoms with E-state index in [0.29, 0.717) is 11.8 Å². The first-order valence-corrected chi connectivity index (χ1v) is 8.66. The van der Waals surface area contributed by atoms with Gasteiger partial charge in [-0.15, -0.1) is 11.8 Å². The Morgan fingerprint density at radius 2 is 2.10 bits per heavy atom. The minimum Gasteiger partial charge on any atom is -0.326 e. The topological polar surface area (TPSA) is 43.8 Å². The molecule has 3 nitrogen and oxygen atoms in total. The van der Waals surface area contributed by atoms with Crippen molar-refractivity contribution in [3.8, 4) is 0 Å². The molecule has 112 valence electrons. The van der Waals surface area contributed by atoms with Gasteiger partial charge in [0.05, 0.1) is 12.2 Å². The van der Waals surface area contributed by atoms with Gasteiger partial charge < -0.3 is 5.73 Å². The molecule has 21 heavy (non-hydrogen) atoms. The molecule has 1 aromatic carbocycles. The Bertz CT molecular complexity index is 608. The summed E-state index contributed by atoms with van der Waals surface area (Å²) in [5.41, 5.74) is 11.2. The third kappa shape index (κ3) is 2.74. The van der Waals surface area contributed by atoms with Crippen molar-refractivity contribution in [2.45, 2.75) is 56.3 Å². The van der Waals surface area contributed by atoms with Crippen LogP contribution in [0.5, 0.6) is 0 Å². The number of hydrogen-bond donors (Lipinski definition) is 1. The number of fused-ring (bicyclic) bond motifs is 1. The number of hydrogen-bond acceptors (Lipinski definition) is 3. The summed E-state index contributed by atoms with van der Waals surface area (Å²) in [6.07, 6.45) is 3.11. The summed E-state index contributed by atoms with van der Waals surface area (Å²) in [4.78, 5) is 1.43. The molecule has 1 atom stereocenters. The van der Waals surface area contributed by atoms with Gasteiger partial charge in [0.25, 0.3) is 0 Å². The van der Waals surface area contributed by atoms with Crippen LogP contribution in [-0.2, 0) is 32.4 Å². The van der Waals surface area contributed by atoms with Crippen LogP contribution >= 0.6 is 11.8 Å². The fourth-order valence-electron chi connectivity index (χ4n) is 3.20. The highest BCUT2D eigenvalue weighted by Crippen LogP contribution is 2.37. The van der Waals surface area contributed by atoms with Gasteiger partial charge in [0.15, 0.2) is 0 Å². The van der Waals surface area contributed by atoms with Gasteiger partial charge in [-0.25, -0.2) is 0 Å². The zero-order valence-electron chi connectivity index (χ0n) is 12.8. The van der Waals surface area contributed by atoms with Crippen molar-refractivity contribution in [2.75, 3.05) is 0 Å². The summed E-state index contributed by atoms with van der Waals surface area (Å²) >= 11 is 1.99. The second kappa shape index (κ2) is 6.24. The number of thioether (sulfide) groups is 1. The molecule has 1 aromatic heterocycles. The fourth-order valence-corrected chi connectivity index (χ4v) is 4.50. The Balaban J connectivity index is 1.82. The van der Waals surface area contributed by atoms with Gasteiger partial charge in [0, 0.05) is 27.9 Å². The highest BCUT2D eigenvalue weighted by molar-refractivity contribution is 8.00. The number of rotatable bonds is 5. The molecule has 0 saturated carbocycles. The Morgan fingerprint density at radius 3 is 2.76 bits per heavy atom. The molecule has 0 spiro atoms. The monoisotopic (exact) mass is 301 g/mol. The lowest BCUT2D eigenvalue weighted by Crippen LogP contribution is -2.16. The van der Waals surface area contributed by atoms with E-state index < -0.39 is 0 Å². The van der Waals surface area contributed by atoms with Crippen LogP contribution in [0.1, 0.15) is 36.4 Å². The first kappa shape index (κ1) is 14.7. The van der Waals surface area contributed by atoms with Crippen LogP contribution in [-0.4, -0.2) is 15.0 Å². The quantitative estimate of drug-likeness (QED) is 0.922. The Hall–Kier alpha value is -1.26. The molecular weight excluding hydrogens is 278 g/mol. The van der Waals surface area contributed by atoms with Crippen molar-refractivity contribution in [2.24, 2.45) is 5.73 Å². The van der Waals surface area contributed by atoms with Gasteiger partial charge >= 0.3 is 0 Å². The maximum Gasteiger partial charge on any atom is 0.0669 e. The van der Waals surface area contributed by atoms with Crippen molar-refractivity contribution in [1.29, 1.82) is 0 Å². The first-order chi connectivity index (χ1) is 10.3. The molecular formula is C17H23N3S. The van der Waals surface area contributed by atoms with Crippen molar-refractivity contribution < 1.29 is 0 Å². The maximum absolute atomic E-state index is 5.93. The summed E-state index contributed by atoms with van der Waals surface area (Å²) < 4.78 is 2.21. The Morgan fingerprint density at radius 1 is 1.29 bits per heavy atom. The zero-order valence-corrected chi connectivity index (χ0v) is 13.6.